The third-order valence-corrected chi connectivity index (χ3v) is 7.05. The molecule has 1 aromatic carbocycles. The van der Waals surface area contributed by atoms with Crippen molar-refractivity contribution in [2.45, 2.75) is 87.2 Å². The standard InChI is InChI=1S/C37H50O2S/c1-12-29(18-21-32(15-4)38-28(7)8)30(13-2)19-22-33(16-5)39-34-23-26-36(27-24-34)40-35(17-6)25-20-31(14-3)37(9,10)11/h12-28H,1-11H3/b21-18-,22-19-,25-20-,29-12+,30-13?,31-14+,32-15+,33-16+,35-17+. The fourth-order valence-electron chi connectivity index (χ4n) is 3.72. The lowest BCUT2D eigenvalue weighted by atomic mass is 9.86. The summed E-state index contributed by atoms with van der Waals surface area (Å²) in [7, 11) is 0. The molecule has 0 heterocycles. The van der Waals surface area contributed by atoms with E-state index in [0.29, 0.717) is 0 Å². The van der Waals surface area contributed by atoms with Gasteiger partial charge in [0.15, 0.2) is 0 Å². The van der Waals surface area contributed by atoms with E-state index in [-0.39, 0.29) is 11.5 Å². The highest BCUT2D eigenvalue weighted by molar-refractivity contribution is 8.03. The molecule has 1 aromatic rings. The van der Waals surface area contributed by atoms with Gasteiger partial charge in [-0.2, -0.15) is 0 Å². The molecule has 0 unspecified atom stereocenters. The van der Waals surface area contributed by atoms with Crippen LogP contribution in [0.4, 0.5) is 0 Å². The van der Waals surface area contributed by atoms with Crippen LogP contribution in [0.1, 0.15) is 76.2 Å². The molecular formula is C37H50O2S. The number of rotatable bonds is 13. The van der Waals surface area contributed by atoms with Crippen molar-refractivity contribution in [2.24, 2.45) is 5.41 Å². The summed E-state index contributed by atoms with van der Waals surface area (Å²) < 4.78 is 12.0. The van der Waals surface area contributed by atoms with Crippen LogP contribution in [0.3, 0.4) is 0 Å². The van der Waals surface area contributed by atoms with Crippen LogP contribution in [-0.4, -0.2) is 6.10 Å². The lowest BCUT2D eigenvalue weighted by molar-refractivity contribution is 0.157. The van der Waals surface area contributed by atoms with Crippen molar-refractivity contribution in [3.63, 3.8) is 0 Å². The number of ether oxygens (including phenoxy) is 2. The fourth-order valence-corrected chi connectivity index (χ4v) is 4.51. The summed E-state index contributed by atoms with van der Waals surface area (Å²) in [6.45, 7) is 23.0. The average molecular weight is 559 g/mol. The zero-order chi connectivity index (χ0) is 30.1. The quantitative estimate of drug-likeness (QED) is 0.136. The average Bonchev–Trinajstić information content (AvgIpc) is 2.92. The molecule has 0 saturated carbocycles. The summed E-state index contributed by atoms with van der Waals surface area (Å²) in [6, 6.07) is 8.25. The Balaban J connectivity index is 2.93. The van der Waals surface area contributed by atoms with Crippen LogP contribution in [0, 0.1) is 5.41 Å². The third kappa shape index (κ3) is 12.8. The molecule has 0 aliphatic heterocycles. The van der Waals surface area contributed by atoms with E-state index in [0.717, 1.165) is 28.4 Å². The second-order valence-electron chi connectivity index (χ2n) is 10.4. The predicted molar refractivity (Wildman–Crippen MR) is 179 cm³/mol. The van der Waals surface area contributed by atoms with Crippen LogP contribution in [0.2, 0.25) is 0 Å². The van der Waals surface area contributed by atoms with Crippen LogP contribution in [0.5, 0.6) is 5.75 Å². The van der Waals surface area contributed by atoms with Gasteiger partial charge in [0.2, 0.25) is 0 Å². The van der Waals surface area contributed by atoms with Crippen molar-refractivity contribution in [3.8, 4) is 5.75 Å². The van der Waals surface area contributed by atoms with Crippen molar-refractivity contribution >= 4 is 11.8 Å². The number of hydrogen-bond donors (Lipinski definition) is 0. The summed E-state index contributed by atoms with van der Waals surface area (Å²) in [6.07, 6.45) is 25.2. The zero-order valence-electron chi connectivity index (χ0n) is 26.5. The van der Waals surface area contributed by atoms with Gasteiger partial charge in [-0.3, -0.25) is 0 Å². The van der Waals surface area contributed by atoms with Gasteiger partial charge in [0, 0.05) is 9.80 Å². The summed E-state index contributed by atoms with van der Waals surface area (Å²) in [4.78, 5) is 2.38. The summed E-state index contributed by atoms with van der Waals surface area (Å²) in [5.74, 6) is 2.45. The number of benzene rings is 1. The van der Waals surface area contributed by atoms with E-state index in [1.165, 1.54) is 15.4 Å². The highest BCUT2D eigenvalue weighted by atomic mass is 32.2. The molecule has 0 spiro atoms. The summed E-state index contributed by atoms with van der Waals surface area (Å²) in [5.41, 5.74) is 3.67. The second-order valence-corrected chi connectivity index (χ2v) is 11.5. The van der Waals surface area contributed by atoms with E-state index >= 15 is 0 Å². The first-order valence-corrected chi connectivity index (χ1v) is 15.0. The van der Waals surface area contributed by atoms with Gasteiger partial charge >= 0.3 is 0 Å². The van der Waals surface area contributed by atoms with Gasteiger partial charge in [0.1, 0.15) is 17.3 Å². The van der Waals surface area contributed by atoms with E-state index in [9.17, 15) is 0 Å². The van der Waals surface area contributed by atoms with Crippen molar-refractivity contribution in [1.82, 2.24) is 0 Å². The highest BCUT2D eigenvalue weighted by Crippen LogP contribution is 2.32. The first kappa shape index (κ1) is 34.9. The summed E-state index contributed by atoms with van der Waals surface area (Å²) >= 11 is 1.75. The van der Waals surface area contributed by atoms with Gasteiger partial charge in [-0.1, -0.05) is 75.1 Å². The lowest BCUT2D eigenvalue weighted by Crippen LogP contribution is -2.06. The van der Waals surface area contributed by atoms with E-state index in [2.05, 4.69) is 95.4 Å². The minimum Gasteiger partial charge on any atom is -0.491 e. The SMILES string of the molecule is CC=C(/C=C\C(=C/C)Oc1ccc(SC(/C=C\C(=C/C)C(C)(C)C)=C/C)cc1)C(/C=C\C(=C/C)OC(C)C)=C/C. The van der Waals surface area contributed by atoms with Crippen LogP contribution >= 0.6 is 11.8 Å². The first-order chi connectivity index (χ1) is 19.0. The Kier molecular flexibility index (Phi) is 15.9. The van der Waals surface area contributed by atoms with Crippen LogP contribution < -0.4 is 4.74 Å². The molecule has 0 saturated heterocycles. The largest absolute Gasteiger partial charge is 0.491 e. The number of allylic oxidation sites excluding steroid dienone is 15. The Hall–Kier alpha value is -3.17. The maximum Gasteiger partial charge on any atom is 0.127 e. The van der Waals surface area contributed by atoms with E-state index in [1.54, 1.807) is 11.8 Å². The van der Waals surface area contributed by atoms with Gasteiger partial charge in [-0.25, -0.2) is 0 Å². The molecule has 1 rings (SSSR count). The molecule has 216 valence electrons. The van der Waals surface area contributed by atoms with Crippen molar-refractivity contribution in [3.05, 3.63) is 130 Å². The van der Waals surface area contributed by atoms with Crippen molar-refractivity contribution in [1.29, 1.82) is 0 Å². The molecule has 0 bridgehead atoms. The Morgan fingerprint density at radius 3 is 1.62 bits per heavy atom. The molecule has 0 aliphatic rings. The molecule has 0 fully saturated rings. The first-order valence-electron chi connectivity index (χ1n) is 14.2. The Labute approximate surface area is 249 Å². The zero-order valence-corrected chi connectivity index (χ0v) is 27.4. The second kappa shape index (κ2) is 18.2. The van der Waals surface area contributed by atoms with E-state index in [1.807, 2.05) is 78.0 Å². The van der Waals surface area contributed by atoms with Gasteiger partial charge in [0.25, 0.3) is 0 Å². The molecular weight excluding hydrogens is 508 g/mol. The molecule has 0 atom stereocenters. The smallest absolute Gasteiger partial charge is 0.127 e. The van der Waals surface area contributed by atoms with Gasteiger partial charge in [0.05, 0.1) is 6.10 Å². The monoisotopic (exact) mass is 558 g/mol. The molecule has 0 aromatic heterocycles. The number of thioether (sulfide) groups is 1. The van der Waals surface area contributed by atoms with Crippen LogP contribution in [-0.2, 0) is 4.74 Å². The Bertz CT molecular complexity index is 1200. The molecule has 0 aliphatic carbocycles. The molecule has 0 amide bonds. The Morgan fingerprint density at radius 1 is 0.650 bits per heavy atom. The maximum absolute atomic E-state index is 6.18. The van der Waals surface area contributed by atoms with Crippen molar-refractivity contribution < 1.29 is 9.47 Å². The summed E-state index contributed by atoms with van der Waals surface area (Å²) in [5, 5.41) is 0. The third-order valence-electron chi connectivity index (χ3n) is 5.93. The normalized spacial score (nSPS) is 15.3. The van der Waals surface area contributed by atoms with Gasteiger partial charge in [-0.15, -0.1) is 0 Å². The van der Waals surface area contributed by atoms with Crippen LogP contribution in [0.15, 0.2) is 135 Å². The fraction of sp³-hybridized carbons (Fsp3) is 0.351. The molecule has 3 heteroatoms. The van der Waals surface area contributed by atoms with Crippen molar-refractivity contribution in [2.75, 3.05) is 0 Å². The molecule has 0 N–H and O–H groups in total. The van der Waals surface area contributed by atoms with E-state index < -0.39 is 0 Å². The maximum atomic E-state index is 6.18. The molecule has 2 nitrogen and oxygen atoms in total. The minimum atomic E-state index is 0.129. The molecule has 40 heavy (non-hydrogen) atoms. The van der Waals surface area contributed by atoms with Crippen LogP contribution in [0.25, 0.3) is 0 Å². The lowest BCUT2D eigenvalue weighted by Gasteiger charge is -2.20. The predicted octanol–water partition coefficient (Wildman–Crippen LogP) is 11.8. The highest BCUT2D eigenvalue weighted by Gasteiger charge is 2.13. The van der Waals surface area contributed by atoms with Gasteiger partial charge < -0.3 is 9.47 Å². The minimum absolute atomic E-state index is 0.129. The Morgan fingerprint density at radius 2 is 1.20 bits per heavy atom. The topological polar surface area (TPSA) is 18.5 Å². The van der Waals surface area contributed by atoms with E-state index in [4.69, 9.17) is 9.47 Å². The molecule has 0 radical (unpaired) electrons. The van der Waals surface area contributed by atoms with Gasteiger partial charge in [-0.05, 0) is 132 Å². The number of hydrogen-bond acceptors (Lipinski definition) is 3.